The molecule has 0 aromatic carbocycles. The highest BCUT2D eigenvalue weighted by atomic mass is 16.1. The Labute approximate surface area is 93.4 Å². The van der Waals surface area contributed by atoms with E-state index >= 15 is 0 Å². The van der Waals surface area contributed by atoms with E-state index in [1.165, 1.54) is 0 Å². The van der Waals surface area contributed by atoms with Gasteiger partial charge in [0.25, 0.3) is 0 Å². The van der Waals surface area contributed by atoms with Crippen LogP contribution in [0.4, 0.5) is 0 Å². The molecular weight excluding hydrogens is 190 g/mol. The fraction of sp³-hybridized carbons (Fsp3) is 0.909. The number of hydrogen-bond acceptors (Lipinski definition) is 3. The summed E-state index contributed by atoms with van der Waals surface area (Å²) in [5, 5.41) is 5.76. The van der Waals surface area contributed by atoms with Gasteiger partial charge in [0.1, 0.15) is 0 Å². The highest BCUT2D eigenvalue weighted by Crippen LogP contribution is 2.07. The first-order valence-corrected chi connectivity index (χ1v) is 5.55. The molecule has 0 aliphatic rings. The van der Waals surface area contributed by atoms with Gasteiger partial charge in [0, 0.05) is 12.6 Å². The number of likely N-dealkylation sites (N-methyl/N-ethyl adjacent to an activating group) is 2. The minimum atomic E-state index is 0.0631. The van der Waals surface area contributed by atoms with Crippen LogP contribution in [-0.4, -0.2) is 51.1 Å². The molecule has 0 saturated carbocycles. The van der Waals surface area contributed by atoms with Crippen LogP contribution >= 0.6 is 0 Å². The maximum Gasteiger partial charge on any atom is 0.234 e. The predicted octanol–water partition coefficient (Wildman–Crippen LogP) is 0.298. The fourth-order valence-electron chi connectivity index (χ4n) is 1.48. The Kier molecular flexibility index (Phi) is 7.34. The summed E-state index contributed by atoms with van der Waals surface area (Å²) in [7, 11) is 5.88. The molecule has 4 nitrogen and oxygen atoms in total. The second kappa shape index (κ2) is 7.65. The van der Waals surface area contributed by atoms with Crippen molar-refractivity contribution in [3.63, 3.8) is 0 Å². The van der Waals surface area contributed by atoms with Crippen LogP contribution in [0.15, 0.2) is 0 Å². The number of carbonyl (C=O) groups is 1. The minimum Gasteiger partial charge on any atom is -0.353 e. The summed E-state index contributed by atoms with van der Waals surface area (Å²) in [6.45, 7) is 5.52. The Morgan fingerprint density at radius 3 is 2.33 bits per heavy atom. The van der Waals surface area contributed by atoms with E-state index in [1.54, 1.807) is 7.05 Å². The molecule has 15 heavy (non-hydrogen) atoms. The normalized spacial score (nSPS) is 13.3. The predicted molar refractivity (Wildman–Crippen MR) is 63.9 cm³/mol. The SMILES string of the molecule is CNCC(=O)NCC(CC(C)C)N(C)C. The van der Waals surface area contributed by atoms with Crippen molar-refractivity contribution in [3.05, 3.63) is 0 Å². The molecule has 1 unspecified atom stereocenters. The van der Waals surface area contributed by atoms with Crippen molar-refractivity contribution in [2.45, 2.75) is 26.3 Å². The van der Waals surface area contributed by atoms with Gasteiger partial charge in [-0.2, -0.15) is 0 Å². The number of nitrogens with zero attached hydrogens (tertiary/aromatic N) is 1. The molecule has 0 spiro atoms. The van der Waals surface area contributed by atoms with Gasteiger partial charge in [-0.3, -0.25) is 4.79 Å². The fourth-order valence-corrected chi connectivity index (χ4v) is 1.48. The first kappa shape index (κ1) is 14.4. The average Bonchev–Trinajstić information content (AvgIpc) is 2.11. The summed E-state index contributed by atoms with van der Waals surface area (Å²) in [5.41, 5.74) is 0. The first-order valence-electron chi connectivity index (χ1n) is 5.55. The zero-order valence-electron chi connectivity index (χ0n) is 10.6. The quantitative estimate of drug-likeness (QED) is 0.642. The van der Waals surface area contributed by atoms with Crippen molar-refractivity contribution < 1.29 is 4.79 Å². The van der Waals surface area contributed by atoms with Crippen molar-refractivity contribution in [3.8, 4) is 0 Å². The number of amides is 1. The first-order chi connectivity index (χ1) is 6.97. The second-order valence-corrected chi connectivity index (χ2v) is 4.58. The number of rotatable bonds is 7. The van der Waals surface area contributed by atoms with Gasteiger partial charge in [-0.1, -0.05) is 13.8 Å². The lowest BCUT2D eigenvalue weighted by Crippen LogP contribution is -2.43. The van der Waals surface area contributed by atoms with Gasteiger partial charge >= 0.3 is 0 Å². The Bertz CT molecular complexity index is 181. The van der Waals surface area contributed by atoms with Crippen molar-refractivity contribution in [1.82, 2.24) is 15.5 Å². The van der Waals surface area contributed by atoms with Crippen LogP contribution in [0.25, 0.3) is 0 Å². The third-order valence-corrected chi connectivity index (χ3v) is 2.35. The van der Waals surface area contributed by atoms with Crippen LogP contribution in [0.5, 0.6) is 0 Å². The summed E-state index contributed by atoms with van der Waals surface area (Å²) in [5.74, 6) is 0.715. The molecule has 0 saturated heterocycles. The van der Waals surface area contributed by atoms with Gasteiger partial charge in [0.05, 0.1) is 6.54 Å². The molecule has 1 atom stereocenters. The molecule has 0 aliphatic carbocycles. The van der Waals surface area contributed by atoms with Crippen molar-refractivity contribution in [1.29, 1.82) is 0 Å². The van der Waals surface area contributed by atoms with Crippen LogP contribution in [0.3, 0.4) is 0 Å². The zero-order valence-corrected chi connectivity index (χ0v) is 10.6. The number of nitrogens with one attached hydrogen (secondary N) is 2. The lowest BCUT2D eigenvalue weighted by molar-refractivity contribution is -0.120. The van der Waals surface area contributed by atoms with E-state index in [2.05, 4.69) is 43.5 Å². The summed E-state index contributed by atoms with van der Waals surface area (Å²) >= 11 is 0. The Morgan fingerprint density at radius 2 is 1.93 bits per heavy atom. The molecule has 0 aliphatic heterocycles. The maximum atomic E-state index is 11.3. The van der Waals surface area contributed by atoms with Gasteiger partial charge < -0.3 is 15.5 Å². The molecule has 0 bridgehead atoms. The van der Waals surface area contributed by atoms with Crippen LogP contribution in [-0.2, 0) is 4.79 Å². The molecule has 4 heteroatoms. The molecule has 0 radical (unpaired) electrons. The summed E-state index contributed by atoms with van der Waals surface area (Å²) < 4.78 is 0. The van der Waals surface area contributed by atoms with Crippen LogP contribution in [0, 0.1) is 5.92 Å². The smallest absolute Gasteiger partial charge is 0.234 e. The lowest BCUT2D eigenvalue weighted by Gasteiger charge is -2.26. The molecule has 0 rings (SSSR count). The van der Waals surface area contributed by atoms with Crippen LogP contribution < -0.4 is 10.6 Å². The molecule has 90 valence electrons. The van der Waals surface area contributed by atoms with Gasteiger partial charge in [-0.15, -0.1) is 0 Å². The van der Waals surface area contributed by atoms with Gasteiger partial charge in [0.2, 0.25) is 5.91 Å². The van der Waals surface area contributed by atoms with Crippen LogP contribution in [0.2, 0.25) is 0 Å². The third kappa shape index (κ3) is 7.33. The zero-order chi connectivity index (χ0) is 11.8. The highest BCUT2D eigenvalue weighted by molar-refractivity contribution is 5.77. The molecular formula is C11H25N3O. The Balaban J connectivity index is 3.90. The van der Waals surface area contributed by atoms with E-state index in [0.717, 1.165) is 13.0 Å². The number of hydrogen-bond donors (Lipinski definition) is 2. The lowest BCUT2D eigenvalue weighted by atomic mass is 10.0. The average molecular weight is 215 g/mol. The van der Waals surface area contributed by atoms with E-state index in [9.17, 15) is 4.79 Å². The van der Waals surface area contributed by atoms with E-state index in [4.69, 9.17) is 0 Å². The largest absolute Gasteiger partial charge is 0.353 e. The standard InChI is InChI=1S/C11H25N3O/c1-9(2)6-10(14(4)5)7-13-11(15)8-12-3/h9-10,12H,6-8H2,1-5H3,(H,13,15). The van der Waals surface area contributed by atoms with E-state index in [0.29, 0.717) is 18.5 Å². The minimum absolute atomic E-state index is 0.0631. The molecule has 0 aromatic heterocycles. The Hall–Kier alpha value is -0.610. The molecule has 0 heterocycles. The molecule has 0 aromatic rings. The summed E-state index contributed by atoms with van der Waals surface area (Å²) in [4.78, 5) is 13.4. The second-order valence-electron chi connectivity index (χ2n) is 4.58. The van der Waals surface area contributed by atoms with Crippen LogP contribution in [0.1, 0.15) is 20.3 Å². The summed E-state index contributed by atoms with van der Waals surface area (Å²) in [6, 6.07) is 0.422. The van der Waals surface area contributed by atoms with E-state index in [-0.39, 0.29) is 5.91 Å². The van der Waals surface area contributed by atoms with Gasteiger partial charge in [0.15, 0.2) is 0 Å². The van der Waals surface area contributed by atoms with Gasteiger partial charge in [-0.05, 0) is 33.5 Å². The number of carbonyl (C=O) groups excluding carboxylic acids is 1. The molecule has 2 N–H and O–H groups in total. The van der Waals surface area contributed by atoms with E-state index < -0.39 is 0 Å². The highest BCUT2D eigenvalue weighted by Gasteiger charge is 2.13. The maximum absolute atomic E-state index is 11.3. The van der Waals surface area contributed by atoms with Crippen molar-refractivity contribution in [2.75, 3.05) is 34.2 Å². The Morgan fingerprint density at radius 1 is 1.33 bits per heavy atom. The van der Waals surface area contributed by atoms with Crippen molar-refractivity contribution >= 4 is 5.91 Å². The van der Waals surface area contributed by atoms with E-state index in [1.807, 2.05) is 0 Å². The van der Waals surface area contributed by atoms with Gasteiger partial charge in [-0.25, -0.2) is 0 Å². The summed E-state index contributed by atoms with van der Waals surface area (Å²) in [6.07, 6.45) is 1.10. The molecule has 0 fully saturated rings. The monoisotopic (exact) mass is 215 g/mol. The third-order valence-electron chi connectivity index (χ3n) is 2.35. The van der Waals surface area contributed by atoms with Crippen molar-refractivity contribution in [2.24, 2.45) is 5.92 Å². The molecule has 1 amide bonds. The topological polar surface area (TPSA) is 44.4 Å².